The first-order valence-electron chi connectivity index (χ1n) is 4.07. The van der Waals surface area contributed by atoms with Gasteiger partial charge in [0.2, 0.25) is 0 Å². The molecular weight excluding hydrogens is 243 g/mol. The van der Waals surface area contributed by atoms with Gasteiger partial charge < -0.3 is 0 Å². The third-order valence-corrected chi connectivity index (χ3v) is 2.56. The Balaban J connectivity index is 2.85. The van der Waals surface area contributed by atoms with Crippen LogP contribution >= 0.6 is 15.9 Å². The molecule has 0 saturated heterocycles. The third kappa shape index (κ3) is 1.40. The van der Waals surface area contributed by atoms with E-state index in [1.165, 1.54) is 0 Å². The number of halogens is 2. The number of hydrogen-bond acceptors (Lipinski definition) is 0. The molecule has 0 heterocycles. The largest absolute Gasteiger partial charge is 0.205 e. The molecule has 2 heteroatoms. The van der Waals surface area contributed by atoms with Crippen LogP contribution < -0.4 is 0 Å². The maximum absolute atomic E-state index is 13.6. The van der Waals surface area contributed by atoms with Crippen LogP contribution in [-0.4, -0.2) is 0 Å². The zero-order valence-corrected chi connectivity index (χ0v) is 8.81. The molecule has 0 atom stereocenters. The van der Waals surface area contributed by atoms with Crippen molar-refractivity contribution in [2.75, 3.05) is 0 Å². The molecule has 0 radical (unpaired) electrons. The number of terminal acetylenes is 1. The van der Waals surface area contributed by atoms with Crippen molar-refractivity contribution in [1.82, 2.24) is 0 Å². The van der Waals surface area contributed by atoms with Gasteiger partial charge in [-0.05, 0) is 23.6 Å². The van der Waals surface area contributed by atoms with E-state index in [2.05, 4.69) is 21.9 Å². The first-order chi connectivity index (χ1) is 6.72. The van der Waals surface area contributed by atoms with E-state index in [1.54, 1.807) is 18.2 Å². The van der Waals surface area contributed by atoms with E-state index >= 15 is 0 Å². The predicted octanol–water partition coefficient (Wildman–Crippen LogP) is 3.72. The third-order valence-electron chi connectivity index (χ3n) is 2.07. The van der Waals surface area contributed by atoms with Crippen LogP contribution in [0, 0.1) is 18.2 Å². The Morgan fingerprint density at radius 3 is 2.71 bits per heavy atom. The summed E-state index contributed by atoms with van der Waals surface area (Å²) < 4.78 is 14.6. The van der Waals surface area contributed by atoms with Gasteiger partial charge in [-0.25, -0.2) is 4.39 Å². The van der Waals surface area contributed by atoms with Crippen LogP contribution in [0.15, 0.2) is 34.8 Å². The van der Waals surface area contributed by atoms with Gasteiger partial charge in [-0.3, -0.25) is 0 Å². The molecule has 2 aromatic rings. The molecule has 0 aromatic heterocycles. The minimum absolute atomic E-state index is 0.305. The molecule has 0 aliphatic carbocycles. The van der Waals surface area contributed by atoms with Crippen LogP contribution in [0.2, 0.25) is 0 Å². The van der Waals surface area contributed by atoms with E-state index in [4.69, 9.17) is 6.42 Å². The molecule has 0 amide bonds. The topological polar surface area (TPSA) is 0 Å². The molecule has 14 heavy (non-hydrogen) atoms. The van der Waals surface area contributed by atoms with E-state index in [0.717, 1.165) is 9.86 Å². The molecule has 0 saturated carbocycles. The van der Waals surface area contributed by atoms with E-state index in [0.29, 0.717) is 10.9 Å². The van der Waals surface area contributed by atoms with Crippen molar-refractivity contribution in [2.24, 2.45) is 0 Å². The lowest BCUT2D eigenvalue weighted by Crippen LogP contribution is -1.85. The Bertz CT molecular complexity index is 538. The maximum Gasteiger partial charge on any atom is 0.146 e. The van der Waals surface area contributed by atoms with Crippen LogP contribution in [0.4, 0.5) is 4.39 Å². The average Bonchev–Trinajstić information content (AvgIpc) is 2.18. The summed E-state index contributed by atoms with van der Waals surface area (Å²) in [6.45, 7) is 0. The molecule has 2 rings (SSSR count). The summed E-state index contributed by atoms with van der Waals surface area (Å²) in [5.74, 6) is 1.99. The van der Waals surface area contributed by atoms with E-state index in [9.17, 15) is 4.39 Å². The number of benzene rings is 2. The standard InChI is InChI=1S/C12H6BrF/c1-2-8-3-4-9-7-10(13)5-6-11(9)12(8)14/h1,3-7H. The van der Waals surface area contributed by atoms with Crippen LogP contribution in [0.3, 0.4) is 0 Å². The van der Waals surface area contributed by atoms with Crippen molar-refractivity contribution in [1.29, 1.82) is 0 Å². The molecule has 68 valence electrons. The van der Waals surface area contributed by atoms with Gasteiger partial charge in [-0.1, -0.05) is 34.0 Å². The Morgan fingerprint density at radius 2 is 2.00 bits per heavy atom. The van der Waals surface area contributed by atoms with Gasteiger partial charge in [-0.2, -0.15) is 0 Å². The highest BCUT2D eigenvalue weighted by Crippen LogP contribution is 2.23. The molecule has 0 bridgehead atoms. The van der Waals surface area contributed by atoms with Gasteiger partial charge in [0.15, 0.2) is 0 Å². The highest BCUT2D eigenvalue weighted by Gasteiger charge is 2.04. The van der Waals surface area contributed by atoms with Gasteiger partial charge in [-0.15, -0.1) is 6.42 Å². The molecule has 0 aliphatic heterocycles. The van der Waals surface area contributed by atoms with Crippen molar-refractivity contribution in [3.05, 3.63) is 46.2 Å². The fourth-order valence-electron chi connectivity index (χ4n) is 1.37. The van der Waals surface area contributed by atoms with Gasteiger partial charge in [0, 0.05) is 9.86 Å². The lowest BCUT2D eigenvalue weighted by molar-refractivity contribution is 0.636. The molecule has 2 aromatic carbocycles. The summed E-state index contributed by atoms with van der Waals surface area (Å²) in [5.41, 5.74) is 0.305. The zero-order chi connectivity index (χ0) is 10.1. The average molecular weight is 249 g/mol. The number of rotatable bonds is 0. The minimum Gasteiger partial charge on any atom is -0.205 e. The van der Waals surface area contributed by atoms with Crippen LogP contribution in [-0.2, 0) is 0 Å². The van der Waals surface area contributed by atoms with E-state index in [-0.39, 0.29) is 5.82 Å². The Kier molecular flexibility index (Phi) is 2.26. The van der Waals surface area contributed by atoms with E-state index < -0.39 is 0 Å². The summed E-state index contributed by atoms with van der Waals surface area (Å²) in [6, 6.07) is 8.81. The minimum atomic E-state index is -0.322. The number of fused-ring (bicyclic) bond motifs is 1. The highest BCUT2D eigenvalue weighted by atomic mass is 79.9. The Hall–Kier alpha value is -1.33. The van der Waals surface area contributed by atoms with Crippen LogP contribution in [0.5, 0.6) is 0 Å². The van der Waals surface area contributed by atoms with Gasteiger partial charge in [0.25, 0.3) is 0 Å². The van der Waals surface area contributed by atoms with Gasteiger partial charge >= 0.3 is 0 Å². The first kappa shape index (κ1) is 9.23. The second-order valence-electron chi connectivity index (χ2n) is 2.94. The van der Waals surface area contributed by atoms with E-state index in [1.807, 2.05) is 12.1 Å². The van der Waals surface area contributed by atoms with Gasteiger partial charge in [0.1, 0.15) is 5.82 Å². The second-order valence-corrected chi connectivity index (χ2v) is 3.85. The molecule has 0 spiro atoms. The molecule has 0 unspecified atom stereocenters. The maximum atomic E-state index is 13.6. The molecular formula is C12H6BrF. The summed E-state index contributed by atoms with van der Waals surface area (Å²) in [7, 11) is 0. The molecule has 0 fully saturated rings. The molecule has 0 aliphatic rings. The molecule has 0 N–H and O–H groups in total. The summed E-state index contributed by atoms with van der Waals surface area (Å²) in [5, 5.41) is 1.40. The predicted molar refractivity (Wildman–Crippen MR) is 59.5 cm³/mol. The van der Waals surface area contributed by atoms with Crippen molar-refractivity contribution in [3.8, 4) is 12.3 Å². The van der Waals surface area contributed by atoms with Crippen molar-refractivity contribution >= 4 is 26.7 Å². The van der Waals surface area contributed by atoms with Crippen molar-refractivity contribution in [3.63, 3.8) is 0 Å². The lowest BCUT2D eigenvalue weighted by atomic mass is 10.1. The van der Waals surface area contributed by atoms with Gasteiger partial charge in [0.05, 0.1) is 5.56 Å². The second kappa shape index (κ2) is 3.43. The monoisotopic (exact) mass is 248 g/mol. The quantitative estimate of drug-likeness (QED) is 0.624. The molecule has 0 nitrogen and oxygen atoms in total. The Morgan fingerprint density at radius 1 is 1.21 bits per heavy atom. The SMILES string of the molecule is C#Cc1ccc2cc(Br)ccc2c1F. The normalized spacial score (nSPS) is 10.1. The van der Waals surface area contributed by atoms with Crippen LogP contribution in [0.25, 0.3) is 10.8 Å². The van der Waals surface area contributed by atoms with Crippen molar-refractivity contribution in [2.45, 2.75) is 0 Å². The lowest BCUT2D eigenvalue weighted by Gasteiger charge is -2.01. The Labute approximate surface area is 89.9 Å². The number of hydrogen-bond donors (Lipinski definition) is 0. The highest BCUT2D eigenvalue weighted by molar-refractivity contribution is 9.10. The smallest absolute Gasteiger partial charge is 0.146 e. The van der Waals surface area contributed by atoms with Crippen molar-refractivity contribution < 1.29 is 4.39 Å². The first-order valence-corrected chi connectivity index (χ1v) is 4.86. The zero-order valence-electron chi connectivity index (χ0n) is 7.22. The summed E-state index contributed by atoms with van der Waals surface area (Å²) in [6.07, 6.45) is 5.17. The summed E-state index contributed by atoms with van der Waals surface area (Å²) >= 11 is 3.33. The fourth-order valence-corrected chi connectivity index (χ4v) is 1.75. The van der Waals surface area contributed by atoms with Crippen LogP contribution in [0.1, 0.15) is 5.56 Å². The summed E-state index contributed by atoms with van der Waals surface area (Å²) in [4.78, 5) is 0. The fraction of sp³-hybridized carbons (Fsp3) is 0.